The molecule has 3 nitrogen and oxygen atoms in total. The molecule has 114 valence electrons. The summed E-state index contributed by atoms with van der Waals surface area (Å²) in [6.45, 7) is 5.58. The Morgan fingerprint density at radius 2 is 1.90 bits per heavy atom. The second-order valence-electron chi connectivity index (χ2n) is 7.25. The zero-order chi connectivity index (χ0) is 14.9. The molecular formula is C18H26N2O. The van der Waals surface area contributed by atoms with Crippen molar-refractivity contribution >= 4 is 17.3 Å². The van der Waals surface area contributed by atoms with Crippen molar-refractivity contribution in [2.24, 2.45) is 5.41 Å². The van der Waals surface area contributed by atoms with E-state index < -0.39 is 0 Å². The van der Waals surface area contributed by atoms with Crippen LogP contribution in [0.4, 0.5) is 11.4 Å². The Hall–Kier alpha value is -1.51. The van der Waals surface area contributed by atoms with Gasteiger partial charge in [-0.2, -0.15) is 0 Å². The summed E-state index contributed by atoms with van der Waals surface area (Å²) >= 11 is 0. The van der Waals surface area contributed by atoms with Gasteiger partial charge in [0.2, 0.25) is 5.91 Å². The van der Waals surface area contributed by atoms with E-state index in [1.54, 1.807) is 0 Å². The molecule has 1 aliphatic carbocycles. The maximum Gasteiger partial charge on any atom is 0.227 e. The first kappa shape index (κ1) is 14.4. The highest BCUT2D eigenvalue weighted by Gasteiger charge is 2.28. The Balaban J connectivity index is 1.73. The summed E-state index contributed by atoms with van der Waals surface area (Å²) in [5.41, 5.74) is 2.67. The number of anilines is 2. The molecule has 0 radical (unpaired) electrons. The lowest BCUT2D eigenvalue weighted by atomic mass is 9.75. The first-order valence-electron chi connectivity index (χ1n) is 8.21. The van der Waals surface area contributed by atoms with Crippen molar-refractivity contribution in [2.45, 2.75) is 58.4 Å². The molecule has 0 spiro atoms. The molecule has 0 unspecified atom stereocenters. The molecule has 3 rings (SSSR count). The van der Waals surface area contributed by atoms with Crippen molar-refractivity contribution in [3.8, 4) is 0 Å². The average Bonchev–Trinajstić information content (AvgIpc) is 2.88. The van der Waals surface area contributed by atoms with E-state index in [9.17, 15) is 4.79 Å². The molecule has 1 aliphatic heterocycles. The third kappa shape index (κ3) is 3.22. The van der Waals surface area contributed by atoms with Crippen LogP contribution in [0.5, 0.6) is 0 Å². The Morgan fingerprint density at radius 1 is 1.19 bits per heavy atom. The number of hydrogen-bond acceptors (Lipinski definition) is 2. The molecule has 3 heteroatoms. The SMILES string of the molecule is CC1(C)CCC(Nc2ccccc2N2CCCC2=O)CC1. The summed E-state index contributed by atoms with van der Waals surface area (Å²) < 4.78 is 0. The predicted octanol–water partition coefficient (Wildman–Crippen LogP) is 4.19. The Kier molecular flexibility index (Phi) is 3.92. The van der Waals surface area contributed by atoms with Gasteiger partial charge in [0, 0.05) is 19.0 Å². The minimum atomic E-state index is 0.258. The van der Waals surface area contributed by atoms with Crippen LogP contribution in [0.2, 0.25) is 0 Å². The van der Waals surface area contributed by atoms with Crippen molar-refractivity contribution in [1.82, 2.24) is 0 Å². The monoisotopic (exact) mass is 286 g/mol. The summed E-state index contributed by atoms with van der Waals surface area (Å²) in [6.07, 6.45) is 6.65. The second kappa shape index (κ2) is 5.70. The van der Waals surface area contributed by atoms with E-state index in [1.807, 2.05) is 11.0 Å². The molecule has 2 aliphatic rings. The van der Waals surface area contributed by atoms with Gasteiger partial charge >= 0.3 is 0 Å². The lowest BCUT2D eigenvalue weighted by Crippen LogP contribution is -2.31. The predicted molar refractivity (Wildman–Crippen MR) is 87.7 cm³/mol. The van der Waals surface area contributed by atoms with Crippen LogP contribution < -0.4 is 10.2 Å². The van der Waals surface area contributed by atoms with Crippen molar-refractivity contribution in [2.75, 3.05) is 16.8 Å². The van der Waals surface area contributed by atoms with Crippen molar-refractivity contribution in [3.05, 3.63) is 24.3 Å². The van der Waals surface area contributed by atoms with E-state index >= 15 is 0 Å². The fourth-order valence-corrected chi connectivity index (χ4v) is 3.50. The zero-order valence-electron chi connectivity index (χ0n) is 13.2. The smallest absolute Gasteiger partial charge is 0.227 e. The van der Waals surface area contributed by atoms with Crippen LogP contribution in [0.25, 0.3) is 0 Å². The molecule has 21 heavy (non-hydrogen) atoms. The topological polar surface area (TPSA) is 32.3 Å². The van der Waals surface area contributed by atoms with E-state index in [4.69, 9.17) is 0 Å². The fraction of sp³-hybridized carbons (Fsp3) is 0.611. The molecule has 0 bridgehead atoms. The summed E-state index contributed by atoms with van der Waals surface area (Å²) in [5, 5.41) is 3.69. The van der Waals surface area contributed by atoms with Gasteiger partial charge in [-0.1, -0.05) is 26.0 Å². The molecule has 1 heterocycles. The highest BCUT2D eigenvalue weighted by atomic mass is 16.2. The lowest BCUT2D eigenvalue weighted by Gasteiger charge is -2.35. The van der Waals surface area contributed by atoms with Crippen LogP contribution in [-0.2, 0) is 4.79 Å². The van der Waals surface area contributed by atoms with E-state index in [0.29, 0.717) is 17.9 Å². The fourth-order valence-electron chi connectivity index (χ4n) is 3.50. The number of amides is 1. The zero-order valence-corrected chi connectivity index (χ0v) is 13.2. The largest absolute Gasteiger partial charge is 0.381 e. The maximum absolute atomic E-state index is 12.0. The van der Waals surface area contributed by atoms with Gasteiger partial charge in [-0.05, 0) is 49.7 Å². The normalized spacial score (nSPS) is 22.6. The highest BCUT2D eigenvalue weighted by molar-refractivity contribution is 5.98. The highest BCUT2D eigenvalue weighted by Crippen LogP contribution is 2.37. The number of carbonyl (C=O) groups excluding carboxylic acids is 1. The Bertz CT molecular complexity index is 514. The van der Waals surface area contributed by atoms with Gasteiger partial charge < -0.3 is 10.2 Å². The van der Waals surface area contributed by atoms with Gasteiger partial charge in [-0.3, -0.25) is 4.79 Å². The molecule has 0 aromatic heterocycles. The average molecular weight is 286 g/mol. The van der Waals surface area contributed by atoms with E-state index in [0.717, 1.165) is 24.3 Å². The van der Waals surface area contributed by atoms with Crippen molar-refractivity contribution in [3.63, 3.8) is 0 Å². The molecule has 0 atom stereocenters. The molecule has 1 saturated carbocycles. The van der Waals surface area contributed by atoms with Gasteiger partial charge in [0.25, 0.3) is 0 Å². The van der Waals surface area contributed by atoms with Crippen LogP contribution in [-0.4, -0.2) is 18.5 Å². The third-order valence-corrected chi connectivity index (χ3v) is 4.97. The summed E-state index contributed by atoms with van der Waals surface area (Å²) in [4.78, 5) is 13.9. The third-order valence-electron chi connectivity index (χ3n) is 4.97. The molecule has 1 aromatic carbocycles. The minimum Gasteiger partial charge on any atom is -0.381 e. The van der Waals surface area contributed by atoms with Crippen LogP contribution in [0, 0.1) is 5.41 Å². The maximum atomic E-state index is 12.0. The van der Waals surface area contributed by atoms with Gasteiger partial charge in [-0.25, -0.2) is 0 Å². The van der Waals surface area contributed by atoms with Crippen molar-refractivity contribution < 1.29 is 4.79 Å². The molecule has 1 amide bonds. The molecule has 2 fully saturated rings. The number of hydrogen-bond donors (Lipinski definition) is 1. The number of benzene rings is 1. The molecule has 1 saturated heterocycles. The van der Waals surface area contributed by atoms with Gasteiger partial charge in [-0.15, -0.1) is 0 Å². The Morgan fingerprint density at radius 3 is 2.57 bits per heavy atom. The minimum absolute atomic E-state index is 0.258. The first-order valence-corrected chi connectivity index (χ1v) is 8.21. The molecule has 1 N–H and O–H groups in total. The molecular weight excluding hydrogens is 260 g/mol. The number of nitrogens with zero attached hydrogens (tertiary/aromatic N) is 1. The summed E-state index contributed by atoms with van der Waals surface area (Å²) in [5.74, 6) is 0.258. The standard InChI is InChI=1S/C18H26N2O/c1-18(2)11-9-14(10-12-18)19-15-6-3-4-7-16(15)20-13-5-8-17(20)21/h3-4,6-7,14,19H,5,8-13H2,1-2H3. The van der Waals surface area contributed by atoms with Gasteiger partial charge in [0.15, 0.2) is 0 Å². The summed E-state index contributed by atoms with van der Waals surface area (Å²) in [6, 6.07) is 8.80. The van der Waals surface area contributed by atoms with Crippen LogP contribution in [0.15, 0.2) is 24.3 Å². The molecule has 1 aromatic rings. The van der Waals surface area contributed by atoms with Gasteiger partial charge in [0.05, 0.1) is 11.4 Å². The first-order chi connectivity index (χ1) is 10.1. The van der Waals surface area contributed by atoms with E-state index in [-0.39, 0.29) is 5.91 Å². The number of nitrogens with one attached hydrogen (secondary N) is 1. The number of rotatable bonds is 3. The van der Waals surface area contributed by atoms with Crippen LogP contribution >= 0.6 is 0 Å². The Labute approximate surface area is 127 Å². The van der Waals surface area contributed by atoms with Gasteiger partial charge in [0.1, 0.15) is 0 Å². The van der Waals surface area contributed by atoms with Crippen LogP contribution in [0.1, 0.15) is 52.4 Å². The summed E-state index contributed by atoms with van der Waals surface area (Å²) in [7, 11) is 0. The number of carbonyl (C=O) groups is 1. The van der Waals surface area contributed by atoms with Crippen molar-refractivity contribution in [1.29, 1.82) is 0 Å². The number of para-hydroxylation sites is 2. The van der Waals surface area contributed by atoms with Crippen LogP contribution in [0.3, 0.4) is 0 Å². The second-order valence-corrected chi connectivity index (χ2v) is 7.25. The quantitative estimate of drug-likeness (QED) is 0.903. The van der Waals surface area contributed by atoms with E-state index in [1.165, 1.54) is 25.7 Å². The van der Waals surface area contributed by atoms with E-state index in [2.05, 4.69) is 37.4 Å². The lowest BCUT2D eigenvalue weighted by molar-refractivity contribution is -0.117.